The van der Waals surface area contributed by atoms with E-state index < -0.39 is 6.10 Å². The normalized spacial score (nSPS) is 11.6. The zero-order chi connectivity index (χ0) is 19.8. The van der Waals surface area contributed by atoms with E-state index in [-0.39, 0.29) is 11.8 Å². The van der Waals surface area contributed by atoms with Gasteiger partial charge in [0.25, 0.3) is 11.8 Å². The van der Waals surface area contributed by atoms with Gasteiger partial charge in [-0.3, -0.25) is 9.59 Å². The van der Waals surface area contributed by atoms with Crippen molar-refractivity contribution in [3.63, 3.8) is 0 Å². The van der Waals surface area contributed by atoms with Crippen molar-refractivity contribution in [2.24, 2.45) is 0 Å². The van der Waals surface area contributed by atoms with Crippen molar-refractivity contribution < 1.29 is 14.3 Å². The van der Waals surface area contributed by atoms with Crippen LogP contribution in [0.25, 0.3) is 0 Å². The molecule has 0 saturated heterocycles. The maximum Gasteiger partial charge on any atom is 0.265 e. The number of amides is 2. The van der Waals surface area contributed by atoms with E-state index in [0.717, 1.165) is 17.5 Å². The second-order valence-corrected chi connectivity index (χ2v) is 6.63. The molecule has 2 amide bonds. The topological polar surface area (TPSA) is 67.4 Å². The summed E-state index contributed by atoms with van der Waals surface area (Å²) in [6.07, 6.45) is 0.725. The van der Waals surface area contributed by atoms with Crippen LogP contribution in [0.15, 0.2) is 42.5 Å². The van der Waals surface area contributed by atoms with Crippen LogP contribution in [0.5, 0.6) is 5.75 Å². The summed E-state index contributed by atoms with van der Waals surface area (Å²) in [5.74, 6) is 0.201. The lowest BCUT2D eigenvalue weighted by Crippen LogP contribution is -2.33. The molecule has 0 saturated carbocycles. The number of hydrogen-bond acceptors (Lipinski definition) is 3. The van der Waals surface area contributed by atoms with Gasteiger partial charge in [0, 0.05) is 6.54 Å². The SMILES string of the molecule is CCCNC(=O)c1ccccc1NC(=O)C(CC)Oc1cc(C)cc(C)c1. The standard InChI is InChI=1S/C22H28N2O3/c1-5-11-23-21(25)18-9-7-8-10-19(18)24-22(26)20(6-2)27-17-13-15(3)12-16(4)14-17/h7-10,12-14,20H,5-6,11H2,1-4H3,(H,23,25)(H,24,26). The second-order valence-electron chi connectivity index (χ2n) is 6.63. The van der Waals surface area contributed by atoms with Crippen molar-refractivity contribution in [1.82, 2.24) is 5.32 Å². The number of aryl methyl sites for hydroxylation is 2. The van der Waals surface area contributed by atoms with Crippen LogP contribution in [0, 0.1) is 13.8 Å². The van der Waals surface area contributed by atoms with Gasteiger partial charge in [0.15, 0.2) is 6.10 Å². The predicted octanol–water partition coefficient (Wildman–Crippen LogP) is 4.24. The lowest BCUT2D eigenvalue weighted by atomic mass is 10.1. The zero-order valence-corrected chi connectivity index (χ0v) is 16.5. The van der Waals surface area contributed by atoms with Crippen molar-refractivity contribution in [2.45, 2.75) is 46.6 Å². The van der Waals surface area contributed by atoms with Crippen LogP contribution in [-0.2, 0) is 4.79 Å². The Morgan fingerprint density at radius 2 is 1.70 bits per heavy atom. The van der Waals surface area contributed by atoms with E-state index in [1.807, 2.05) is 39.8 Å². The van der Waals surface area contributed by atoms with Gasteiger partial charge in [0.1, 0.15) is 5.75 Å². The molecule has 0 heterocycles. The highest BCUT2D eigenvalue weighted by Crippen LogP contribution is 2.20. The van der Waals surface area contributed by atoms with Crippen molar-refractivity contribution in [3.8, 4) is 5.75 Å². The van der Waals surface area contributed by atoms with E-state index in [2.05, 4.69) is 16.7 Å². The van der Waals surface area contributed by atoms with E-state index >= 15 is 0 Å². The molecule has 144 valence electrons. The highest BCUT2D eigenvalue weighted by molar-refractivity contribution is 6.04. The molecule has 0 spiro atoms. The Hall–Kier alpha value is -2.82. The molecule has 2 aromatic rings. The van der Waals surface area contributed by atoms with Crippen molar-refractivity contribution in [1.29, 1.82) is 0 Å². The fraction of sp³-hybridized carbons (Fsp3) is 0.364. The maximum atomic E-state index is 12.7. The Morgan fingerprint density at radius 1 is 1.04 bits per heavy atom. The van der Waals surface area contributed by atoms with Crippen LogP contribution in [0.3, 0.4) is 0 Å². The number of benzene rings is 2. The molecule has 1 atom stereocenters. The number of nitrogens with one attached hydrogen (secondary N) is 2. The lowest BCUT2D eigenvalue weighted by molar-refractivity contribution is -0.122. The summed E-state index contributed by atoms with van der Waals surface area (Å²) in [6, 6.07) is 12.9. The Kier molecular flexibility index (Phi) is 7.41. The molecule has 5 heteroatoms. The number of ether oxygens (including phenoxy) is 1. The van der Waals surface area contributed by atoms with Crippen LogP contribution in [0.4, 0.5) is 5.69 Å². The van der Waals surface area contributed by atoms with Gasteiger partial charge >= 0.3 is 0 Å². The van der Waals surface area contributed by atoms with Gasteiger partial charge in [-0.1, -0.05) is 32.0 Å². The zero-order valence-electron chi connectivity index (χ0n) is 16.5. The van der Waals surface area contributed by atoms with Crippen LogP contribution in [0.1, 0.15) is 48.2 Å². The minimum Gasteiger partial charge on any atom is -0.481 e. The van der Waals surface area contributed by atoms with Gasteiger partial charge in [0.2, 0.25) is 0 Å². The molecule has 0 radical (unpaired) electrons. The Morgan fingerprint density at radius 3 is 2.33 bits per heavy atom. The first-order valence-electron chi connectivity index (χ1n) is 9.37. The molecule has 5 nitrogen and oxygen atoms in total. The van der Waals surface area contributed by atoms with Crippen LogP contribution in [-0.4, -0.2) is 24.5 Å². The highest BCUT2D eigenvalue weighted by Gasteiger charge is 2.21. The smallest absolute Gasteiger partial charge is 0.265 e. The van der Waals surface area contributed by atoms with Gasteiger partial charge in [-0.2, -0.15) is 0 Å². The molecule has 0 aliphatic carbocycles. The van der Waals surface area contributed by atoms with Crippen LogP contribution in [0.2, 0.25) is 0 Å². The van der Waals surface area contributed by atoms with Gasteiger partial charge in [-0.15, -0.1) is 0 Å². The molecule has 0 bridgehead atoms. The van der Waals surface area contributed by atoms with E-state index in [9.17, 15) is 9.59 Å². The monoisotopic (exact) mass is 368 g/mol. The minimum absolute atomic E-state index is 0.198. The van der Waals surface area contributed by atoms with Gasteiger partial charge < -0.3 is 15.4 Å². The van der Waals surface area contributed by atoms with Crippen LogP contribution < -0.4 is 15.4 Å². The number of rotatable bonds is 8. The summed E-state index contributed by atoms with van der Waals surface area (Å²) in [4.78, 5) is 25.1. The summed E-state index contributed by atoms with van der Waals surface area (Å²) in [5, 5.41) is 5.68. The van der Waals surface area contributed by atoms with E-state index in [1.165, 1.54) is 0 Å². The van der Waals surface area contributed by atoms with Gasteiger partial charge in [-0.05, 0) is 62.1 Å². The molecule has 2 aromatic carbocycles. The first-order valence-corrected chi connectivity index (χ1v) is 9.37. The van der Waals surface area contributed by atoms with Gasteiger partial charge in [-0.25, -0.2) is 0 Å². The molecule has 0 aromatic heterocycles. The summed E-state index contributed by atoms with van der Waals surface area (Å²) in [5.41, 5.74) is 3.09. The summed E-state index contributed by atoms with van der Waals surface area (Å²) in [7, 11) is 0. The highest BCUT2D eigenvalue weighted by atomic mass is 16.5. The Labute approximate surface area is 161 Å². The maximum absolute atomic E-state index is 12.7. The fourth-order valence-corrected chi connectivity index (χ4v) is 2.82. The first-order chi connectivity index (χ1) is 12.9. The lowest BCUT2D eigenvalue weighted by Gasteiger charge is -2.19. The number of anilines is 1. The molecule has 2 N–H and O–H groups in total. The molecule has 27 heavy (non-hydrogen) atoms. The molecule has 0 aliphatic rings. The summed E-state index contributed by atoms with van der Waals surface area (Å²) < 4.78 is 5.91. The number of carbonyl (C=O) groups is 2. The van der Waals surface area contributed by atoms with Gasteiger partial charge in [0.05, 0.1) is 11.3 Å². The quantitative estimate of drug-likeness (QED) is 0.732. The van der Waals surface area contributed by atoms with E-state index in [1.54, 1.807) is 24.3 Å². The third-order valence-corrected chi connectivity index (χ3v) is 4.10. The molecular formula is C22H28N2O3. The van der Waals surface area contributed by atoms with E-state index in [0.29, 0.717) is 30.0 Å². The molecule has 0 fully saturated rings. The van der Waals surface area contributed by atoms with Crippen molar-refractivity contribution in [2.75, 3.05) is 11.9 Å². The fourth-order valence-electron chi connectivity index (χ4n) is 2.82. The number of carbonyl (C=O) groups excluding carboxylic acids is 2. The largest absolute Gasteiger partial charge is 0.481 e. The first kappa shape index (κ1) is 20.5. The summed E-state index contributed by atoms with van der Waals surface area (Å²) in [6.45, 7) is 8.46. The van der Waals surface area contributed by atoms with E-state index in [4.69, 9.17) is 4.74 Å². The Balaban J connectivity index is 2.13. The van der Waals surface area contributed by atoms with Crippen molar-refractivity contribution in [3.05, 3.63) is 59.2 Å². The third kappa shape index (κ3) is 5.84. The molecule has 1 unspecified atom stereocenters. The third-order valence-electron chi connectivity index (χ3n) is 4.10. The molecule has 2 rings (SSSR count). The van der Waals surface area contributed by atoms with Crippen molar-refractivity contribution >= 4 is 17.5 Å². The average Bonchev–Trinajstić information content (AvgIpc) is 2.63. The second kappa shape index (κ2) is 9.76. The number of para-hydroxylation sites is 1. The Bertz CT molecular complexity index is 782. The molecular weight excluding hydrogens is 340 g/mol. The predicted molar refractivity (Wildman–Crippen MR) is 108 cm³/mol. The average molecular weight is 368 g/mol. The summed E-state index contributed by atoms with van der Waals surface area (Å²) >= 11 is 0. The number of hydrogen-bond donors (Lipinski definition) is 2. The molecule has 0 aliphatic heterocycles. The minimum atomic E-state index is -0.641. The van der Waals surface area contributed by atoms with Crippen LogP contribution >= 0.6 is 0 Å².